The first-order valence-corrected chi connectivity index (χ1v) is 7.62. The van der Waals surface area contributed by atoms with Crippen LogP contribution in [0.15, 0.2) is 4.99 Å². The number of hydrogen-bond donors (Lipinski definition) is 0. The average molecular weight is 242 g/mol. The zero-order valence-electron chi connectivity index (χ0n) is 12.3. The molecule has 0 saturated heterocycles. The van der Waals surface area contributed by atoms with Gasteiger partial charge in [-0.15, -0.1) is 0 Å². The SMILES string of the molecule is CCN([C-]=NC1CCCCC1)C1CCCCC1.[Li+]. The van der Waals surface area contributed by atoms with Crippen molar-refractivity contribution in [2.24, 2.45) is 4.99 Å². The van der Waals surface area contributed by atoms with Crippen LogP contribution in [-0.4, -0.2) is 29.9 Å². The van der Waals surface area contributed by atoms with Crippen molar-refractivity contribution in [1.82, 2.24) is 4.90 Å². The molecule has 0 N–H and O–H groups in total. The van der Waals surface area contributed by atoms with Crippen LogP contribution in [0.3, 0.4) is 0 Å². The Labute approximate surface area is 125 Å². The molecule has 2 rings (SSSR count). The van der Waals surface area contributed by atoms with Gasteiger partial charge in [0, 0.05) is 6.04 Å². The van der Waals surface area contributed by atoms with Gasteiger partial charge < -0.3 is 9.89 Å². The molecule has 2 fully saturated rings. The molecule has 0 aliphatic heterocycles. The predicted octanol–water partition coefficient (Wildman–Crippen LogP) is 0.883. The minimum absolute atomic E-state index is 0. The normalized spacial score (nSPS) is 22.9. The summed E-state index contributed by atoms with van der Waals surface area (Å²) in [7, 11) is 0. The topological polar surface area (TPSA) is 15.6 Å². The van der Waals surface area contributed by atoms with Gasteiger partial charge in [0.1, 0.15) is 0 Å². The Balaban J connectivity index is 0.00000162. The third kappa shape index (κ3) is 4.98. The van der Waals surface area contributed by atoms with Crippen LogP contribution in [0.5, 0.6) is 0 Å². The Morgan fingerprint density at radius 2 is 1.50 bits per heavy atom. The van der Waals surface area contributed by atoms with Gasteiger partial charge in [0.05, 0.1) is 0 Å². The van der Waals surface area contributed by atoms with E-state index < -0.39 is 0 Å². The molecule has 18 heavy (non-hydrogen) atoms. The molecule has 0 unspecified atom stereocenters. The summed E-state index contributed by atoms with van der Waals surface area (Å²) in [4.78, 5) is 7.07. The van der Waals surface area contributed by atoms with Crippen LogP contribution >= 0.6 is 0 Å². The van der Waals surface area contributed by atoms with Crippen molar-refractivity contribution in [1.29, 1.82) is 0 Å². The zero-order chi connectivity index (χ0) is 11.9. The van der Waals surface area contributed by atoms with E-state index in [4.69, 9.17) is 4.99 Å². The summed E-state index contributed by atoms with van der Waals surface area (Å²) in [5, 5.41) is 0. The van der Waals surface area contributed by atoms with Gasteiger partial charge in [-0.25, -0.2) is 0 Å². The molecule has 0 radical (unpaired) electrons. The first-order chi connectivity index (χ1) is 8.40. The van der Waals surface area contributed by atoms with Crippen LogP contribution in [0, 0.1) is 0 Å². The Bertz CT molecular complexity index is 231. The minimum Gasteiger partial charge on any atom is -0.535 e. The molecule has 0 atom stereocenters. The molecule has 0 spiro atoms. The molecule has 2 aliphatic carbocycles. The Kier molecular flexibility index (Phi) is 8.10. The summed E-state index contributed by atoms with van der Waals surface area (Å²) >= 11 is 0. The van der Waals surface area contributed by atoms with Crippen LogP contribution < -0.4 is 18.9 Å². The molecule has 0 aromatic rings. The molecule has 3 heteroatoms. The van der Waals surface area contributed by atoms with Crippen molar-refractivity contribution in [3.8, 4) is 0 Å². The van der Waals surface area contributed by atoms with Crippen molar-refractivity contribution in [3.05, 3.63) is 0 Å². The van der Waals surface area contributed by atoms with Gasteiger partial charge in [-0.2, -0.15) is 0 Å². The van der Waals surface area contributed by atoms with Crippen molar-refractivity contribution >= 4 is 6.34 Å². The first kappa shape index (κ1) is 16.1. The number of aliphatic imine (C=N–C) groups is 1. The summed E-state index contributed by atoms with van der Waals surface area (Å²) in [6.45, 7) is 3.30. The Morgan fingerprint density at radius 1 is 0.944 bits per heavy atom. The largest absolute Gasteiger partial charge is 1.00 e. The van der Waals surface area contributed by atoms with Crippen LogP contribution in [0.25, 0.3) is 0 Å². The molecule has 2 nitrogen and oxygen atoms in total. The third-order valence-corrected chi connectivity index (χ3v) is 4.30. The molecule has 98 valence electrons. The van der Waals surface area contributed by atoms with Crippen molar-refractivity contribution in [2.75, 3.05) is 6.54 Å². The smallest absolute Gasteiger partial charge is 0.535 e. The summed E-state index contributed by atoms with van der Waals surface area (Å²) in [6, 6.07) is 1.29. The maximum absolute atomic E-state index is 4.71. The van der Waals surface area contributed by atoms with Crippen molar-refractivity contribution < 1.29 is 18.9 Å². The summed E-state index contributed by atoms with van der Waals surface area (Å²) in [5.41, 5.74) is 0. The summed E-state index contributed by atoms with van der Waals surface area (Å²) in [5.74, 6) is 0. The average Bonchev–Trinajstić information content (AvgIpc) is 2.42. The zero-order valence-corrected chi connectivity index (χ0v) is 12.3. The van der Waals surface area contributed by atoms with E-state index in [1.807, 2.05) is 0 Å². The molecular formula is C15H27LiN2. The van der Waals surface area contributed by atoms with Crippen LogP contribution in [0.1, 0.15) is 71.1 Å². The fourth-order valence-electron chi connectivity index (χ4n) is 3.17. The van der Waals surface area contributed by atoms with Crippen LogP contribution in [-0.2, 0) is 0 Å². The number of rotatable bonds is 4. The standard InChI is InChI=1S/C15H27N2.Li/c1-2-17(15-11-7-4-8-12-15)13-16-14-9-5-3-6-10-14;/h14-15H,2-12H2,1H3;/q-1;+1. The molecule has 0 aromatic carbocycles. The fraction of sp³-hybridized carbons (Fsp3) is 0.933. The molecule has 2 saturated carbocycles. The van der Waals surface area contributed by atoms with E-state index in [0.29, 0.717) is 6.04 Å². The van der Waals surface area contributed by atoms with E-state index in [9.17, 15) is 0 Å². The van der Waals surface area contributed by atoms with E-state index in [1.165, 1.54) is 64.2 Å². The van der Waals surface area contributed by atoms with Crippen molar-refractivity contribution in [3.63, 3.8) is 0 Å². The van der Waals surface area contributed by atoms with Crippen LogP contribution in [0.4, 0.5) is 0 Å². The summed E-state index contributed by atoms with van der Waals surface area (Å²) < 4.78 is 0. The van der Waals surface area contributed by atoms with Crippen LogP contribution in [0.2, 0.25) is 0 Å². The second-order valence-corrected chi connectivity index (χ2v) is 5.60. The van der Waals surface area contributed by atoms with Gasteiger partial charge in [-0.3, -0.25) is 6.34 Å². The molecular weight excluding hydrogens is 215 g/mol. The number of hydrogen-bond acceptors (Lipinski definition) is 1. The predicted molar refractivity (Wildman–Crippen MR) is 73.6 cm³/mol. The van der Waals surface area contributed by atoms with Gasteiger partial charge in [0.25, 0.3) is 0 Å². The van der Waals surface area contributed by atoms with Gasteiger partial charge in [0.15, 0.2) is 0 Å². The molecule has 2 aliphatic rings. The van der Waals surface area contributed by atoms with E-state index in [1.54, 1.807) is 0 Å². The van der Waals surface area contributed by atoms with Gasteiger partial charge in [0.2, 0.25) is 0 Å². The Hall–Kier alpha value is 0.0674. The second kappa shape index (κ2) is 9.05. The molecule has 0 bridgehead atoms. The quantitative estimate of drug-likeness (QED) is 0.235. The van der Waals surface area contributed by atoms with Crippen molar-refractivity contribution in [2.45, 2.75) is 83.2 Å². The molecule has 0 heterocycles. The monoisotopic (exact) mass is 242 g/mol. The fourth-order valence-corrected chi connectivity index (χ4v) is 3.17. The van der Waals surface area contributed by atoms with Gasteiger partial charge in [-0.05, 0) is 38.3 Å². The summed E-state index contributed by atoms with van der Waals surface area (Å²) in [6.07, 6.45) is 17.0. The van der Waals surface area contributed by atoms with E-state index in [0.717, 1.165) is 12.6 Å². The van der Waals surface area contributed by atoms with Gasteiger partial charge in [-0.1, -0.05) is 45.4 Å². The molecule has 0 aromatic heterocycles. The van der Waals surface area contributed by atoms with E-state index in [-0.39, 0.29) is 18.9 Å². The first-order valence-electron chi connectivity index (χ1n) is 7.62. The minimum atomic E-state index is 0. The maximum atomic E-state index is 4.71. The third-order valence-electron chi connectivity index (χ3n) is 4.30. The van der Waals surface area contributed by atoms with E-state index >= 15 is 0 Å². The maximum Gasteiger partial charge on any atom is 1.00 e. The van der Waals surface area contributed by atoms with Gasteiger partial charge >= 0.3 is 18.9 Å². The molecule has 0 amide bonds. The Morgan fingerprint density at radius 3 is 2.06 bits per heavy atom. The van der Waals surface area contributed by atoms with E-state index in [2.05, 4.69) is 18.2 Å². The number of nitrogens with zero attached hydrogens (tertiary/aromatic N) is 2. The second-order valence-electron chi connectivity index (χ2n) is 5.60.